The van der Waals surface area contributed by atoms with Crippen LogP contribution in [0.4, 0.5) is 0 Å². The summed E-state index contributed by atoms with van der Waals surface area (Å²) in [6.07, 6.45) is 5.26. The molecule has 6 heteroatoms. The number of nitrogens with two attached hydrogens (primary N) is 1. The maximum absolute atomic E-state index is 12.5. The van der Waals surface area contributed by atoms with E-state index in [1.54, 1.807) is 7.11 Å². The minimum atomic E-state index is -0.536. The molecule has 1 saturated carbocycles. The van der Waals surface area contributed by atoms with Gasteiger partial charge in [0.05, 0.1) is 23.8 Å². The Hall–Kier alpha value is -2.99. The lowest BCUT2D eigenvalue weighted by Gasteiger charge is -2.39. The van der Waals surface area contributed by atoms with Gasteiger partial charge in [-0.2, -0.15) is 0 Å². The number of hydrogen-bond acceptors (Lipinski definition) is 6. The molecule has 1 spiro atoms. The van der Waals surface area contributed by atoms with E-state index in [9.17, 15) is 4.79 Å². The zero-order valence-corrected chi connectivity index (χ0v) is 19.1. The van der Waals surface area contributed by atoms with Crippen LogP contribution in [0.25, 0.3) is 10.8 Å². The van der Waals surface area contributed by atoms with Crippen LogP contribution in [0.15, 0.2) is 36.5 Å². The monoisotopic (exact) mass is 431 g/mol. The fraction of sp³-hybridized carbons (Fsp3) is 0.423. The summed E-state index contributed by atoms with van der Waals surface area (Å²) in [5, 5.41) is 2.02. The van der Waals surface area contributed by atoms with Gasteiger partial charge in [0.25, 0.3) is 0 Å². The summed E-state index contributed by atoms with van der Waals surface area (Å²) < 4.78 is 11.3. The Labute approximate surface area is 188 Å². The number of ether oxygens (including phenoxy) is 2. The first-order chi connectivity index (χ1) is 15.3. The van der Waals surface area contributed by atoms with Crippen molar-refractivity contribution in [1.82, 2.24) is 9.97 Å². The molecule has 1 aliphatic carbocycles. The van der Waals surface area contributed by atoms with Gasteiger partial charge in [0.2, 0.25) is 0 Å². The molecule has 0 saturated heterocycles. The van der Waals surface area contributed by atoms with Crippen molar-refractivity contribution in [1.29, 1.82) is 0 Å². The fourth-order valence-electron chi connectivity index (χ4n) is 5.04. The first-order valence-corrected chi connectivity index (χ1v) is 11.2. The van der Waals surface area contributed by atoms with Crippen LogP contribution < -0.4 is 10.5 Å². The number of carbonyl (C=O) groups is 1. The van der Waals surface area contributed by atoms with E-state index < -0.39 is 5.60 Å². The molecule has 1 fully saturated rings. The maximum atomic E-state index is 12.5. The lowest BCUT2D eigenvalue weighted by atomic mass is 9.79. The molecule has 0 bridgehead atoms. The molecule has 32 heavy (non-hydrogen) atoms. The van der Waals surface area contributed by atoms with Crippen molar-refractivity contribution in [3.63, 3.8) is 0 Å². The van der Waals surface area contributed by atoms with Gasteiger partial charge >= 0.3 is 5.97 Å². The van der Waals surface area contributed by atoms with Crippen LogP contribution in [-0.4, -0.2) is 28.6 Å². The molecule has 2 N–H and O–H groups in total. The van der Waals surface area contributed by atoms with Gasteiger partial charge in [0.15, 0.2) is 0 Å². The average molecular weight is 432 g/mol. The zero-order chi connectivity index (χ0) is 22.7. The van der Waals surface area contributed by atoms with Crippen molar-refractivity contribution in [3.8, 4) is 5.75 Å². The number of rotatable bonds is 5. The molecule has 0 amide bonds. The van der Waals surface area contributed by atoms with E-state index in [2.05, 4.69) is 13.0 Å². The number of nitrogens with zero attached hydrogens (tertiary/aromatic N) is 2. The first-order valence-electron chi connectivity index (χ1n) is 11.2. The van der Waals surface area contributed by atoms with E-state index in [0.717, 1.165) is 58.4 Å². The third-order valence-electron chi connectivity index (χ3n) is 7.25. The summed E-state index contributed by atoms with van der Waals surface area (Å²) in [5.41, 5.74) is 10.1. The van der Waals surface area contributed by atoms with Crippen molar-refractivity contribution in [2.24, 2.45) is 5.73 Å². The van der Waals surface area contributed by atoms with E-state index in [1.165, 1.54) is 0 Å². The van der Waals surface area contributed by atoms with Crippen molar-refractivity contribution in [3.05, 3.63) is 64.7 Å². The van der Waals surface area contributed by atoms with Crippen molar-refractivity contribution in [2.75, 3.05) is 7.11 Å². The second-order valence-electron chi connectivity index (χ2n) is 9.45. The second-order valence-corrected chi connectivity index (χ2v) is 9.45. The Morgan fingerprint density at radius 1 is 1.16 bits per heavy atom. The summed E-state index contributed by atoms with van der Waals surface area (Å²) in [5.74, 6) is 0.505. The lowest BCUT2D eigenvalue weighted by Crippen LogP contribution is -2.46. The SMILES string of the molecule is CC[C@H](N)c1ccc(OC)c2cnc(Cc3ccc4c(n3)C3(CC3)C(C)(C)OC4=O)cc12. The van der Waals surface area contributed by atoms with Crippen LogP contribution in [0.5, 0.6) is 5.75 Å². The quantitative estimate of drug-likeness (QED) is 0.593. The molecule has 1 aromatic carbocycles. The Morgan fingerprint density at radius 2 is 1.94 bits per heavy atom. The number of aromatic nitrogens is 2. The molecule has 3 aromatic rings. The molecular weight excluding hydrogens is 402 g/mol. The van der Waals surface area contributed by atoms with Gasteiger partial charge in [-0.05, 0) is 68.3 Å². The average Bonchev–Trinajstić information content (AvgIpc) is 3.59. The Morgan fingerprint density at radius 3 is 2.62 bits per heavy atom. The highest BCUT2D eigenvalue weighted by Gasteiger charge is 2.62. The van der Waals surface area contributed by atoms with E-state index in [-0.39, 0.29) is 17.4 Å². The number of fused-ring (bicyclic) bond motifs is 3. The lowest BCUT2D eigenvalue weighted by molar-refractivity contribution is -0.0285. The van der Waals surface area contributed by atoms with Crippen LogP contribution in [0, 0.1) is 0 Å². The van der Waals surface area contributed by atoms with Crippen LogP contribution in [0.2, 0.25) is 0 Å². The third-order valence-corrected chi connectivity index (χ3v) is 7.25. The molecule has 0 radical (unpaired) electrons. The van der Waals surface area contributed by atoms with Crippen LogP contribution in [0.3, 0.4) is 0 Å². The van der Waals surface area contributed by atoms with Crippen molar-refractivity contribution in [2.45, 2.75) is 63.5 Å². The number of carbonyl (C=O) groups excluding carboxylic acids is 1. The van der Waals surface area contributed by atoms with E-state index in [1.807, 2.05) is 44.3 Å². The van der Waals surface area contributed by atoms with E-state index in [4.69, 9.17) is 25.2 Å². The Kier molecular flexibility index (Phi) is 4.75. The minimum Gasteiger partial charge on any atom is -0.496 e. The number of methoxy groups -OCH3 is 1. The predicted molar refractivity (Wildman–Crippen MR) is 123 cm³/mol. The van der Waals surface area contributed by atoms with Gasteiger partial charge in [-0.25, -0.2) is 4.79 Å². The number of cyclic esters (lactones) is 1. The Bertz CT molecular complexity index is 1230. The molecule has 0 unspecified atom stereocenters. The minimum absolute atomic E-state index is 0.0523. The summed E-state index contributed by atoms with van der Waals surface area (Å²) in [7, 11) is 1.67. The van der Waals surface area contributed by atoms with Crippen LogP contribution in [-0.2, 0) is 16.6 Å². The largest absolute Gasteiger partial charge is 0.496 e. The van der Waals surface area contributed by atoms with Crippen LogP contribution in [0.1, 0.15) is 79.1 Å². The fourth-order valence-corrected chi connectivity index (χ4v) is 5.04. The number of hydrogen-bond donors (Lipinski definition) is 1. The smallest absolute Gasteiger partial charge is 0.340 e. The van der Waals surface area contributed by atoms with E-state index in [0.29, 0.717) is 12.0 Å². The molecule has 1 atom stereocenters. The van der Waals surface area contributed by atoms with Gasteiger partial charge in [-0.1, -0.05) is 13.0 Å². The molecule has 166 valence electrons. The number of benzene rings is 1. The standard InChI is InChI=1S/C26H29N3O3/c1-5-21(27)17-8-9-22(31-4)20-14-28-16(13-19(17)20)12-15-6-7-18-23(29-15)26(10-11-26)25(2,3)32-24(18)30/h6-9,13-14,21H,5,10-12,27H2,1-4H3/t21-/m0/s1. The normalized spacial score (nSPS) is 18.8. The molecule has 2 aromatic heterocycles. The highest BCUT2D eigenvalue weighted by Crippen LogP contribution is 2.59. The molecule has 6 nitrogen and oxygen atoms in total. The summed E-state index contributed by atoms with van der Waals surface area (Å²) in [4.78, 5) is 22.2. The van der Waals surface area contributed by atoms with Gasteiger partial charge in [-0.3, -0.25) is 9.97 Å². The molecule has 1 aliphatic heterocycles. The number of esters is 1. The topological polar surface area (TPSA) is 87.3 Å². The van der Waals surface area contributed by atoms with Gasteiger partial charge in [-0.15, -0.1) is 0 Å². The molecular formula is C26H29N3O3. The highest BCUT2D eigenvalue weighted by atomic mass is 16.6. The maximum Gasteiger partial charge on any atom is 0.340 e. The summed E-state index contributed by atoms with van der Waals surface area (Å²) in [6.45, 7) is 6.07. The van der Waals surface area contributed by atoms with Gasteiger partial charge < -0.3 is 15.2 Å². The van der Waals surface area contributed by atoms with Gasteiger partial charge in [0.1, 0.15) is 11.4 Å². The van der Waals surface area contributed by atoms with Crippen LogP contribution >= 0.6 is 0 Å². The van der Waals surface area contributed by atoms with E-state index >= 15 is 0 Å². The third kappa shape index (κ3) is 3.08. The number of pyridine rings is 2. The van der Waals surface area contributed by atoms with Crippen molar-refractivity contribution >= 4 is 16.7 Å². The summed E-state index contributed by atoms with van der Waals surface area (Å²) in [6, 6.07) is 9.80. The molecule has 5 rings (SSSR count). The predicted octanol–water partition coefficient (Wildman–Crippen LogP) is 4.62. The zero-order valence-electron chi connectivity index (χ0n) is 19.1. The second kappa shape index (κ2) is 7.27. The Balaban J connectivity index is 1.55. The highest BCUT2D eigenvalue weighted by molar-refractivity contribution is 5.93. The summed E-state index contributed by atoms with van der Waals surface area (Å²) >= 11 is 0. The first kappa shape index (κ1) is 20.9. The molecule has 2 aliphatic rings. The molecule has 3 heterocycles. The van der Waals surface area contributed by atoms with Crippen molar-refractivity contribution < 1.29 is 14.3 Å². The van der Waals surface area contributed by atoms with Gasteiger partial charge in [0, 0.05) is 35.4 Å².